The van der Waals surface area contributed by atoms with Crippen molar-refractivity contribution in [3.8, 4) is 11.3 Å². The van der Waals surface area contributed by atoms with Gasteiger partial charge in [-0.3, -0.25) is 0 Å². The molecule has 0 bridgehead atoms. The molecular formula is C22H22N4O3. The van der Waals surface area contributed by atoms with Crippen molar-refractivity contribution >= 4 is 23.4 Å². The maximum atomic E-state index is 11.8. The average molecular weight is 390 g/mol. The van der Waals surface area contributed by atoms with Gasteiger partial charge in [-0.15, -0.1) is 0 Å². The van der Waals surface area contributed by atoms with Crippen LogP contribution in [0.1, 0.15) is 6.92 Å². The third kappa shape index (κ3) is 4.05. The first-order valence-corrected chi connectivity index (χ1v) is 9.49. The van der Waals surface area contributed by atoms with Crippen LogP contribution in [0.25, 0.3) is 11.3 Å². The minimum Gasteiger partial charge on any atom is -0.464 e. The molecule has 29 heavy (non-hydrogen) atoms. The predicted octanol–water partition coefficient (Wildman–Crippen LogP) is 4.18. The van der Waals surface area contributed by atoms with Gasteiger partial charge in [-0.05, 0) is 37.3 Å². The summed E-state index contributed by atoms with van der Waals surface area (Å²) in [5, 5.41) is 9.66. The molecule has 0 unspecified atom stereocenters. The number of nitrogens with zero attached hydrogens (tertiary/aromatic N) is 4. The van der Waals surface area contributed by atoms with Crippen molar-refractivity contribution in [3.05, 3.63) is 66.9 Å². The number of amides is 1. The number of morpholine rings is 1. The van der Waals surface area contributed by atoms with Gasteiger partial charge in [0, 0.05) is 18.3 Å². The van der Waals surface area contributed by atoms with E-state index in [2.05, 4.69) is 16.8 Å². The molecule has 1 aromatic heterocycles. The lowest BCUT2D eigenvalue weighted by Crippen LogP contribution is -2.44. The molecule has 0 radical (unpaired) electrons. The molecule has 0 spiro atoms. The van der Waals surface area contributed by atoms with E-state index in [9.17, 15) is 9.90 Å². The lowest BCUT2D eigenvalue weighted by Gasteiger charge is -2.33. The fourth-order valence-electron chi connectivity index (χ4n) is 3.40. The van der Waals surface area contributed by atoms with Gasteiger partial charge in [0.25, 0.3) is 0 Å². The summed E-state index contributed by atoms with van der Waals surface area (Å²) < 4.78 is 5.49. The molecule has 0 aliphatic carbocycles. The Morgan fingerprint density at radius 1 is 1.10 bits per heavy atom. The van der Waals surface area contributed by atoms with Gasteiger partial charge >= 0.3 is 6.09 Å². The van der Waals surface area contributed by atoms with Crippen LogP contribution in [0.4, 0.5) is 22.1 Å². The van der Waals surface area contributed by atoms with Crippen LogP contribution in [0.5, 0.6) is 0 Å². The Morgan fingerprint density at radius 3 is 2.52 bits per heavy atom. The molecule has 2 aromatic carbocycles. The number of anilines is 3. The molecular weight excluding hydrogens is 368 g/mol. The molecule has 1 N–H and O–H groups in total. The number of hydrogen-bond donors (Lipinski definition) is 1. The van der Waals surface area contributed by atoms with Crippen molar-refractivity contribution in [2.75, 3.05) is 29.6 Å². The van der Waals surface area contributed by atoms with E-state index in [1.807, 2.05) is 36.4 Å². The first kappa shape index (κ1) is 18.9. The van der Waals surface area contributed by atoms with Crippen molar-refractivity contribution in [1.82, 2.24) is 9.97 Å². The molecule has 7 heteroatoms. The van der Waals surface area contributed by atoms with Gasteiger partial charge in [-0.25, -0.2) is 19.7 Å². The Hall–Kier alpha value is -3.45. The van der Waals surface area contributed by atoms with E-state index in [1.54, 1.807) is 30.5 Å². The second-order valence-corrected chi connectivity index (χ2v) is 6.86. The summed E-state index contributed by atoms with van der Waals surface area (Å²) in [6.07, 6.45) is 0.718. The molecule has 1 atom stereocenters. The molecule has 7 nitrogen and oxygen atoms in total. The lowest BCUT2D eigenvalue weighted by molar-refractivity contribution is 0.0981. The van der Waals surface area contributed by atoms with Gasteiger partial charge in [0.15, 0.2) is 0 Å². The van der Waals surface area contributed by atoms with Crippen molar-refractivity contribution in [1.29, 1.82) is 0 Å². The number of carboxylic acid groups (broad SMARTS) is 1. The van der Waals surface area contributed by atoms with Crippen molar-refractivity contribution < 1.29 is 14.6 Å². The van der Waals surface area contributed by atoms with Gasteiger partial charge < -0.3 is 14.7 Å². The van der Waals surface area contributed by atoms with Crippen LogP contribution in [0.3, 0.4) is 0 Å². The molecule has 1 amide bonds. The minimum absolute atomic E-state index is 0.219. The highest BCUT2D eigenvalue weighted by molar-refractivity contribution is 5.95. The fourth-order valence-corrected chi connectivity index (χ4v) is 3.40. The van der Waals surface area contributed by atoms with Gasteiger partial charge in [0.1, 0.15) is 0 Å². The number of ether oxygens (including phenoxy) is 1. The third-order valence-corrected chi connectivity index (χ3v) is 4.89. The standard InChI is InChI=1S/C22H22N4O3/c1-16-15-29-14-13-25(16)21-23-12-11-20(24-21)17-7-9-19(10-8-17)26(22(27)28)18-5-3-2-4-6-18/h2-12,16H,13-15H2,1H3,(H,27,28)/t16-/m0/s1. The van der Waals surface area contributed by atoms with Gasteiger partial charge in [-0.1, -0.05) is 30.3 Å². The molecule has 1 aliphatic rings. The first-order valence-electron chi connectivity index (χ1n) is 9.49. The van der Waals surface area contributed by atoms with E-state index < -0.39 is 6.09 Å². The molecule has 4 rings (SSSR count). The van der Waals surface area contributed by atoms with Crippen molar-refractivity contribution in [2.45, 2.75) is 13.0 Å². The third-order valence-electron chi connectivity index (χ3n) is 4.89. The highest BCUT2D eigenvalue weighted by Crippen LogP contribution is 2.28. The van der Waals surface area contributed by atoms with E-state index in [1.165, 1.54) is 4.90 Å². The van der Waals surface area contributed by atoms with Gasteiger partial charge in [-0.2, -0.15) is 0 Å². The van der Waals surface area contributed by atoms with Crippen molar-refractivity contribution in [2.24, 2.45) is 0 Å². The normalized spacial score (nSPS) is 16.4. The molecule has 3 aromatic rings. The topological polar surface area (TPSA) is 78.8 Å². The zero-order valence-corrected chi connectivity index (χ0v) is 16.1. The predicted molar refractivity (Wildman–Crippen MR) is 112 cm³/mol. The summed E-state index contributed by atoms with van der Waals surface area (Å²) in [5.41, 5.74) is 2.86. The Morgan fingerprint density at radius 2 is 1.83 bits per heavy atom. The summed E-state index contributed by atoms with van der Waals surface area (Å²) >= 11 is 0. The fraction of sp³-hybridized carbons (Fsp3) is 0.227. The maximum absolute atomic E-state index is 11.8. The highest BCUT2D eigenvalue weighted by atomic mass is 16.5. The van der Waals surface area contributed by atoms with Crippen LogP contribution in [0, 0.1) is 0 Å². The van der Waals surface area contributed by atoms with E-state index in [0.29, 0.717) is 30.5 Å². The number of rotatable bonds is 4. The molecule has 0 saturated carbocycles. The zero-order chi connectivity index (χ0) is 20.2. The van der Waals surface area contributed by atoms with Crippen LogP contribution in [0.15, 0.2) is 66.9 Å². The maximum Gasteiger partial charge on any atom is 0.416 e. The summed E-state index contributed by atoms with van der Waals surface area (Å²) in [6.45, 7) is 4.17. The van der Waals surface area contributed by atoms with Crippen LogP contribution in [0.2, 0.25) is 0 Å². The Balaban J connectivity index is 1.61. The number of hydrogen-bond acceptors (Lipinski definition) is 5. The number of benzene rings is 2. The van der Waals surface area contributed by atoms with Crippen LogP contribution >= 0.6 is 0 Å². The SMILES string of the molecule is C[C@H]1COCCN1c1nccc(-c2ccc(N(C(=O)O)c3ccccc3)cc2)n1. The molecule has 148 valence electrons. The first-order chi connectivity index (χ1) is 14.1. The zero-order valence-electron chi connectivity index (χ0n) is 16.1. The molecule has 1 fully saturated rings. The van der Waals surface area contributed by atoms with Crippen LogP contribution < -0.4 is 9.80 Å². The van der Waals surface area contributed by atoms with E-state index in [-0.39, 0.29) is 6.04 Å². The minimum atomic E-state index is -1.03. The number of aromatic nitrogens is 2. The number of carbonyl (C=O) groups is 1. The Labute approximate surface area is 169 Å². The largest absolute Gasteiger partial charge is 0.464 e. The van der Waals surface area contributed by atoms with E-state index in [0.717, 1.165) is 17.8 Å². The van der Waals surface area contributed by atoms with Crippen molar-refractivity contribution in [3.63, 3.8) is 0 Å². The molecule has 1 aliphatic heterocycles. The van der Waals surface area contributed by atoms with E-state index in [4.69, 9.17) is 9.72 Å². The molecule has 1 saturated heterocycles. The second-order valence-electron chi connectivity index (χ2n) is 6.86. The highest BCUT2D eigenvalue weighted by Gasteiger charge is 2.22. The monoisotopic (exact) mass is 390 g/mol. The Bertz CT molecular complexity index is 979. The molecule has 2 heterocycles. The average Bonchev–Trinajstić information content (AvgIpc) is 2.75. The lowest BCUT2D eigenvalue weighted by atomic mass is 10.1. The summed E-state index contributed by atoms with van der Waals surface area (Å²) in [4.78, 5) is 24.3. The second kappa shape index (κ2) is 8.28. The Kier molecular flexibility index (Phi) is 5.39. The summed E-state index contributed by atoms with van der Waals surface area (Å²) in [5.74, 6) is 0.679. The number of para-hydroxylation sites is 1. The van der Waals surface area contributed by atoms with Crippen LogP contribution in [-0.4, -0.2) is 47.0 Å². The van der Waals surface area contributed by atoms with Gasteiger partial charge in [0.2, 0.25) is 5.95 Å². The quantitative estimate of drug-likeness (QED) is 0.720. The summed E-state index contributed by atoms with van der Waals surface area (Å²) in [7, 11) is 0. The van der Waals surface area contributed by atoms with Gasteiger partial charge in [0.05, 0.1) is 36.3 Å². The smallest absolute Gasteiger partial charge is 0.416 e. The van der Waals surface area contributed by atoms with Crippen LogP contribution in [-0.2, 0) is 4.74 Å². The summed E-state index contributed by atoms with van der Waals surface area (Å²) in [6, 6.07) is 18.4. The van der Waals surface area contributed by atoms with E-state index >= 15 is 0 Å².